The van der Waals surface area contributed by atoms with Gasteiger partial charge in [0.15, 0.2) is 0 Å². The largest absolute Gasteiger partial charge is 0.492 e. The molecule has 6 nitrogen and oxygen atoms in total. The summed E-state index contributed by atoms with van der Waals surface area (Å²) in [5.74, 6) is 0.615. The molecule has 0 bridgehead atoms. The number of amides is 3. The monoisotopic (exact) mass is 369 g/mol. The molecular weight excluding hydrogens is 342 g/mol. The Kier molecular flexibility index (Phi) is 7.23. The van der Waals surface area contributed by atoms with Gasteiger partial charge in [-0.2, -0.15) is 0 Å². The lowest BCUT2D eigenvalue weighted by atomic mass is 10.1. The maximum Gasteiger partial charge on any atom is 0.319 e. The lowest BCUT2D eigenvalue weighted by molar-refractivity contribution is -0.131. The van der Waals surface area contributed by atoms with Crippen LogP contribution in [0, 0.1) is 13.8 Å². The number of nitrogens with zero attached hydrogens (tertiary/aromatic N) is 1. The second kappa shape index (κ2) is 9.62. The van der Waals surface area contributed by atoms with E-state index in [2.05, 4.69) is 16.7 Å². The molecule has 0 fully saturated rings. The van der Waals surface area contributed by atoms with Crippen molar-refractivity contribution in [1.82, 2.24) is 10.2 Å². The fraction of sp³-hybridized carbons (Fsp3) is 0.333. The van der Waals surface area contributed by atoms with E-state index in [1.54, 1.807) is 31.0 Å². The molecule has 0 saturated carbocycles. The molecule has 0 aromatic heterocycles. The Morgan fingerprint density at radius 2 is 1.70 bits per heavy atom. The van der Waals surface area contributed by atoms with Crippen molar-refractivity contribution in [1.29, 1.82) is 0 Å². The summed E-state index contributed by atoms with van der Waals surface area (Å²) in [4.78, 5) is 26.0. The van der Waals surface area contributed by atoms with Crippen molar-refractivity contribution in [2.45, 2.75) is 26.8 Å². The Labute approximate surface area is 160 Å². The molecule has 0 unspecified atom stereocenters. The van der Waals surface area contributed by atoms with Gasteiger partial charge < -0.3 is 20.3 Å². The van der Waals surface area contributed by atoms with Crippen molar-refractivity contribution < 1.29 is 14.3 Å². The number of para-hydroxylation sites is 1. The average Bonchev–Trinajstić information content (AvgIpc) is 2.60. The van der Waals surface area contributed by atoms with Crippen molar-refractivity contribution in [2.24, 2.45) is 0 Å². The van der Waals surface area contributed by atoms with E-state index in [9.17, 15) is 9.59 Å². The molecule has 2 N–H and O–H groups in total. The normalized spacial score (nSPS) is 11.4. The molecular formula is C21H27N3O3. The quantitative estimate of drug-likeness (QED) is 0.786. The summed E-state index contributed by atoms with van der Waals surface area (Å²) in [6.07, 6.45) is 0. The summed E-state index contributed by atoms with van der Waals surface area (Å²) in [7, 11) is 1.69. The highest BCUT2D eigenvalue weighted by Gasteiger charge is 2.19. The molecule has 6 heteroatoms. The molecule has 1 atom stereocenters. The van der Waals surface area contributed by atoms with E-state index in [0.717, 1.165) is 16.9 Å². The highest BCUT2D eigenvalue weighted by Crippen LogP contribution is 2.16. The molecule has 0 spiro atoms. The van der Waals surface area contributed by atoms with Crippen LogP contribution in [-0.2, 0) is 4.79 Å². The van der Waals surface area contributed by atoms with Gasteiger partial charge in [0.25, 0.3) is 0 Å². The first-order valence-corrected chi connectivity index (χ1v) is 8.94. The summed E-state index contributed by atoms with van der Waals surface area (Å²) >= 11 is 0. The summed E-state index contributed by atoms with van der Waals surface area (Å²) in [6, 6.07) is 14.0. The van der Waals surface area contributed by atoms with Crippen LogP contribution in [0.5, 0.6) is 5.75 Å². The molecule has 2 rings (SSSR count). The van der Waals surface area contributed by atoms with Gasteiger partial charge in [-0.1, -0.05) is 24.3 Å². The Morgan fingerprint density at radius 1 is 1.07 bits per heavy atom. The number of anilines is 1. The third-order valence-electron chi connectivity index (χ3n) is 4.02. The van der Waals surface area contributed by atoms with E-state index in [-0.39, 0.29) is 5.91 Å². The Hall–Kier alpha value is -3.02. The third kappa shape index (κ3) is 6.66. The number of likely N-dealkylation sites (N-methyl/N-ethyl adjacent to an activating group) is 1. The molecule has 0 heterocycles. The summed E-state index contributed by atoms with van der Waals surface area (Å²) in [5, 5.41) is 5.35. The van der Waals surface area contributed by atoms with Crippen molar-refractivity contribution in [3.8, 4) is 5.75 Å². The maximum absolute atomic E-state index is 12.4. The first-order chi connectivity index (χ1) is 12.8. The van der Waals surface area contributed by atoms with Crippen molar-refractivity contribution >= 4 is 17.6 Å². The minimum atomic E-state index is -0.639. The molecule has 27 heavy (non-hydrogen) atoms. The lowest BCUT2D eigenvalue weighted by Gasteiger charge is -2.22. The van der Waals surface area contributed by atoms with Crippen LogP contribution in [0.25, 0.3) is 0 Å². The number of hydrogen-bond acceptors (Lipinski definition) is 3. The number of hydrogen-bond donors (Lipinski definition) is 2. The number of carbonyl (C=O) groups excluding carboxylic acids is 2. The highest BCUT2D eigenvalue weighted by molar-refractivity contribution is 5.93. The molecule has 0 aliphatic rings. The van der Waals surface area contributed by atoms with Crippen molar-refractivity contribution in [2.75, 3.05) is 25.5 Å². The third-order valence-corrected chi connectivity index (χ3v) is 4.02. The van der Waals surface area contributed by atoms with E-state index < -0.39 is 12.1 Å². The number of aryl methyl sites for hydroxylation is 2. The molecule has 2 aromatic carbocycles. The van der Waals surface area contributed by atoms with Gasteiger partial charge in [0.05, 0.1) is 6.54 Å². The topological polar surface area (TPSA) is 70.7 Å². The van der Waals surface area contributed by atoms with Crippen LogP contribution in [0.3, 0.4) is 0 Å². The lowest BCUT2D eigenvalue weighted by Crippen LogP contribution is -2.47. The first-order valence-electron chi connectivity index (χ1n) is 8.94. The van der Waals surface area contributed by atoms with E-state index in [4.69, 9.17) is 4.74 Å². The van der Waals surface area contributed by atoms with Gasteiger partial charge in [-0.3, -0.25) is 4.79 Å². The maximum atomic E-state index is 12.4. The smallest absolute Gasteiger partial charge is 0.319 e. The van der Waals surface area contributed by atoms with Crippen LogP contribution in [0.2, 0.25) is 0 Å². The number of ether oxygens (including phenoxy) is 1. The molecule has 0 aliphatic heterocycles. The van der Waals surface area contributed by atoms with Gasteiger partial charge in [-0.15, -0.1) is 0 Å². The molecule has 0 aliphatic carbocycles. The number of rotatable bonds is 7. The SMILES string of the molecule is Cc1cc(C)cc(OCCN(C)C(=O)[C@@H](C)NC(=O)Nc2ccccc2)c1. The Balaban J connectivity index is 1.77. The number of urea groups is 1. The minimum absolute atomic E-state index is 0.178. The van der Waals surface area contributed by atoms with Crippen LogP contribution >= 0.6 is 0 Å². The summed E-state index contributed by atoms with van der Waals surface area (Å²) in [5.41, 5.74) is 2.94. The van der Waals surface area contributed by atoms with Gasteiger partial charge in [0, 0.05) is 12.7 Å². The van der Waals surface area contributed by atoms with Crippen LogP contribution in [0.15, 0.2) is 48.5 Å². The van der Waals surface area contributed by atoms with Gasteiger partial charge in [-0.25, -0.2) is 4.79 Å². The van der Waals surface area contributed by atoms with Crippen LogP contribution in [0.1, 0.15) is 18.1 Å². The highest BCUT2D eigenvalue weighted by atomic mass is 16.5. The fourth-order valence-corrected chi connectivity index (χ4v) is 2.70. The minimum Gasteiger partial charge on any atom is -0.492 e. The Bertz CT molecular complexity index is 757. The van der Waals surface area contributed by atoms with Crippen LogP contribution in [0.4, 0.5) is 10.5 Å². The summed E-state index contributed by atoms with van der Waals surface area (Å²) < 4.78 is 5.73. The van der Waals surface area contributed by atoms with E-state index >= 15 is 0 Å². The van der Waals surface area contributed by atoms with E-state index in [1.165, 1.54) is 0 Å². The van der Waals surface area contributed by atoms with Crippen molar-refractivity contribution in [3.05, 3.63) is 59.7 Å². The predicted octanol–water partition coefficient (Wildman–Crippen LogP) is 3.35. The van der Waals surface area contributed by atoms with Gasteiger partial charge in [0.2, 0.25) is 5.91 Å². The average molecular weight is 369 g/mol. The second-order valence-electron chi connectivity index (χ2n) is 6.62. The van der Waals surface area contributed by atoms with Gasteiger partial charge in [-0.05, 0) is 56.2 Å². The van der Waals surface area contributed by atoms with E-state index in [0.29, 0.717) is 18.8 Å². The Morgan fingerprint density at radius 3 is 2.33 bits per heavy atom. The fourth-order valence-electron chi connectivity index (χ4n) is 2.70. The summed E-state index contributed by atoms with van der Waals surface area (Å²) in [6.45, 7) is 6.51. The molecule has 3 amide bonds. The second-order valence-corrected chi connectivity index (χ2v) is 6.62. The van der Waals surface area contributed by atoms with Crippen LogP contribution in [-0.4, -0.2) is 43.1 Å². The zero-order valence-corrected chi connectivity index (χ0v) is 16.3. The van der Waals surface area contributed by atoms with E-state index in [1.807, 2.05) is 44.2 Å². The first kappa shape index (κ1) is 20.3. The number of benzene rings is 2. The number of carbonyl (C=O) groups is 2. The zero-order valence-electron chi connectivity index (χ0n) is 16.3. The van der Waals surface area contributed by atoms with Gasteiger partial charge in [0.1, 0.15) is 18.4 Å². The predicted molar refractivity (Wildman–Crippen MR) is 107 cm³/mol. The number of nitrogens with one attached hydrogen (secondary N) is 2. The zero-order chi connectivity index (χ0) is 19.8. The standard InChI is InChI=1S/C21H27N3O3/c1-15-12-16(2)14-19(13-15)27-11-10-24(4)20(25)17(3)22-21(26)23-18-8-6-5-7-9-18/h5-9,12-14,17H,10-11H2,1-4H3,(H2,22,23,26)/t17-/m1/s1. The van der Waals surface area contributed by atoms with Crippen LogP contribution < -0.4 is 15.4 Å². The van der Waals surface area contributed by atoms with Crippen molar-refractivity contribution in [3.63, 3.8) is 0 Å². The molecule has 2 aromatic rings. The molecule has 144 valence electrons. The van der Waals surface area contributed by atoms with Gasteiger partial charge >= 0.3 is 6.03 Å². The molecule has 0 radical (unpaired) electrons. The molecule has 0 saturated heterocycles.